The molecule has 1 aromatic carbocycles. The summed E-state index contributed by atoms with van der Waals surface area (Å²) in [5.41, 5.74) is 1.59. The molecule has 120 valence electrons. The molecule has 0 aromatic heterocycles. The van der Waals surface area contributed by atoms with Gasteiger partial charge in [0.05, 0.1) is 7.11 Å². The molecule has 1 aromatic rings. The van der Waals surface area contributed by atoms with Gasteiger partial charge in [0.15, 0.2) is 0 Å². The van der Waals surface area contributed by atoms with Gasteiger partial charge in [-0.1, -0.05) is 20.8 Å². The summed E-state index contributed by atoms with van der Waals surface area (Å²) in [5.74, 6) is 0.813. The minimum absolute atomic E-state index is 0.0127. The second kappa shape index (κ2) is 6.38. The SMILES string of the molecule is COc1ccc(C(=O)N2CCN(C=O)CC2)cc1C(C)(C)C. The van der Waals surface area contributed by atoms with Crippen LogP contribution in [0, 0.1) is 0 Å². The summed E-state index contributed by atoms with van der Waals surface area (Å²) in [6.45, 7) is 8.64. The van der Waals surface area contributed by atoms with Crippen LogP contribution in [0.5, 0.6) is 5.75 Å². The minimum Gasteiger partial charge on any atom is -0.496 e. The van der Waals surface area contributed by atoms with Crippen molar-refractivity contribution in [2.24, 2.45) is 0 Å². The zero-order valence-electron chi connectivity index (χ0n) is 13.8. The number of ether oxygens (including phenoxy) is 1. The van der Waals surface area contributed by atoms with Gasteiger partial charge in [-0.3, -0.25) is 9.59 Å². The summed E-state index contributed by atoms with van der Waals surface area (Å²) < 4.78 is 5.41. The number of hydrogen-bond acceptors (Lipinski definition) is 3. The van der Waals surface area contributed by atoms with E-state index in [2.05, 4.69) is 20.8 Å². The Morgan fingerprint density at radius 1 is 1.18 bits per heavy atom. The highest BCUT2D eigenvalue weighted by Crippen LogP contribution is 2.32. The van der Waals surface area contributed by atoms with Crippen molar-refractivity contribution in [1.29, 1.82) is 0 Å². The van der Waals surface area contributed by atoms with Crippen molar-refractivity contribution in [3.63, 3.8) is 0 Å². The predicted molar refractivity (Wildman–Crippen MR) is 85.2 cm³/mol. The van der Waals surface area contributed by atoms with E-state index >= 15 is 0 Å². The average molecular weight is 304 g/mol. The van der Waals surface area contributed by atoms with Crippen LogP contribution >= 0.6 is 0 Å². The Labute approximate surface area is 131 Å². The van der Waals surface area contributed by atoms with Gasteiger partial charge in [0.1, 0.15) is 5.75 Å². The van der Waals surface area contributed by atoms with E-state index in [-0.39, 0.29) is 11.3 Å². The molecule has 0 aliphatic carbocycles. The maximum absolute atomic E-state index is 12.7. The molecule has 5 heteroatoms. The normalized spacial score (nSPS) is 15.6. The lowest BCUT2D eigenvalue weighted by molar-refractivity contribution is -0.119. The summed E-state index contributed by atoms with van der Waals surface area (Å²) in [7, 11) is 1.64. The van der Waals surface area contributed by atoms with Crippen LogP contribution in [0.3, 0.4) is 0 Å². The molecule has 1 saturated heterocycles. The van der Waals surface area contributed by atoms with Gasteiger partial charge in [0, 0.05) is 37.3 Å². The zero-order valence-corrected chi connectivity index (χ0v) is 13.8. The van der Waals surface area contributed by atoms with Crippen LogP contribution < -0.4 is 4.74 Å². The van der Waals surface area contributed by atoms with Gasteiger partial charge in [-0.15, -0.1) is 0 Å². The van der Waals surface area contributed by atoms with E-state index < -0.39 is 0 Å². The smallest absolute Gasteiger partial charge is 0.253 e. The Morgan fingerprint density at radius 2 is 1.82 bits per heavy atom. The minimum atomic E-state index is -0.0994. The lowest BCUT2D eigenvalue weighted by Crippen LogP contribution is -2.48. The Balaban J connectivity index is 2.22. The number of methoxy groups -OCH3 is 1. The first-order valence-corrected chi connectivity index (χ1v) is 7.54. The fraction of sp³-hybridized carbons (Fsp3) is 0.529. The van der Waals surface area contributed by atoms with Crippen LogP contribution in [0.4, 0.5) is 0 Å². The highest BCUT2D eigenvalue weighted by Gasteiger charge is 2.24. The maximum Gasteiger partial charge on any atom is 0.253 e. The summed E-state index contributed by atoms with van der Waals surface area (Å²) in [5, 5.41) is 0. The second-order valence-electron chi connectivity index (χ2n) is 6.60. The number of carbonyl (C=O) groups excluding carboxylic acids is 2. The van der Waals surface area contributed by atoms with Crippen LogP contribution in [0.2, 0.25) is 0 Å². The second-order valence-corrected chi connectivity index (χ2v) is 6.60. The first-order valence-electron chi connectivity index (χ1n) is 7.54. The van der Waals surface area contributed by atoms with Gasteiger partial charge >= 0.3 is 0 Å². The zero-order chi connectivity index (χ0) is 16.3. The molecule has 0 radical (unpaired) electrons. The molecule has 1 heterocycles. The van der Waals surface area contributed by atoms with E-state index in [1.165, 1.54) is 0 Å². The molecule has 0 unspecified atom stereocenters. The van der Waals surface area contributed by atoms with E-state index in [0.717, 1.165) is 17.7 Å². The Kier molecular flexibility index (Phi) is 4.74. The number of nitrogens with zero attached hydrogens (tertiary/aromatic N) is 2. The van der Waals surface area contributed by atoms with Crippen LogP contribution in [0.1, 0.15) is 36.7 Å². The van der Waals surface area contributed by atoms with E-state index in [9.17, 15) is 9.59 Å². The molecule has 1 fully saturated rings. The molecule has 0 bridgehead atoms. The van der Waals surface area contributed by atoms with Gasteiger partial charge < -0.3 is 14.5 Å². The van der Waals surface area contributed by atoms with Gasteiger partial charge in [0.2, 0.25) is 6.41 Å². The molecule has 1 aliphatic rings. The van der Waals surface area contributed by atoms with Crippen molar-refractivity contribution >= 4 is 12.3 Å². The Bertz CT molecular complexity index is 556. The largest absolute Gasteiger partial charge is 0.496 e. The van der Waals surface area contributed by atoms with Crippen LogP contribution in [-0.2, 0) is 10.2 Å². The highest BCUT2D eigenvalue weighted by molar-refractivity contribution is 5.94. The Hall–Kier alpha value is -2.04. The summed E-state index contributed by atoms with van der Waals surface area (Å²) >= 11 is 0. The molecule has 0 N–H and O–H groups in total. The third-order valence-corrected chi connectivity index (χ3v) is 4.00. The quantitative estimate of drug-likeness (QED) is 0.802. The van der Waals surface area contributed by atoms with Gasteiger partial charge in [-0.25, -0.2) is 0 Å². The lowest BCUT2D eigenvalue weighted by Gasteiger charge is -2.33. The van der Waals surface area contributed by atoms with E-state index in [4.69, 9.17) is 4.74 Å². The number of carbonyl (C=O) groups is 2. The van der Waals surface area contributed by atoms with Gasteiger partial charge in [-0.05, 0) is 23.6 Å². The number of amides is 2. The Morgan fingerprint density at radius 3 is 2.32 bits per heavy atom. The molecule has 1 aliphatic heterocycles. The van der Waals surface area contributed by atoms with E-state index in [1.807, 2.05) is 18.2 Å². The average Bonchev–Trinajstić information content (AvgIpc) is 2.52. The van der Waals surface area contributed by atoms with Crippen molar-refractivity contribution < 1.29 is 14.3 Å². The summed E-state index contributed by atoms with van der Waals surface area (Å²) in [6.07, 6.45) is 0.840. The number of benzene rings is 1. The molecule has 0 saturated carbocycles. The fourth-order valence-corrected chi connectivity index (χ4v) is 2.64. The standard InChI is InChI=1S/C17H24N2O3/c1-17(2,3)14-11-13(5-6-15(14)22-4)16(21)19-9-7-18(12-20)8-10-19/h5-6,11-12H,7-10H2,1-4H3. The number of rotatable bonds is 3. The molecule has 2 amide bonds. The van der Waals surface area contributed by atoms with Crippen molar-refractivity contribution in [1.82, 2.24) is 9.80 Å². The van der Waals surface area contributed by atoms with E-state index in [0.29, 0.717) is 31.7 Å². The molecule has 0 spiro atoms. The van der Waals surface area contributed by atoms with Crippen molar-refractivity contribution in [3.8, 4) is 5.75 Å². The molecule has 2 rings (SSSR count). The van der Waals surface area contributed by atoms with Crippen molar-refractivity contribution in [2.45, 2.75) is 26.2 Å². The topological polar surface area (TPSA) is 49.9 Å². The molecule has 22 heavy (non-hydrogen) atoms. The maximum atomic E-state index is 12.7. The monoisotopic (exact) mass is 304 g/mol. The third-order valence-electron chi connectivity index (χ3n) is 4.00. The van der Waals surface area contributed by atoms with Crippen LogP contribution in [0.25, 0.3) is 0 Å². The molecule has 5 nitrogen and oxygen atoms in total. The molecular formula is C17H24N2O3. The highest BCUT2D eigenvalue weighted by atomic mass is 16.5. The summed E-state index contributed by atoms with van der Waals surface area (Å²) in [4.78, 5) is 26.9. The lowest BCUT2D eigenvalue weighted by atomic mass is 9.85. The van der Waals surface area contributed by atoms with E-state index in [1.54, 1.807) is 16.9 Å². The van der Waals surface area contributed by atoms with Gasteiger partial charge in [0.25, 0.3) is 5.91 Å². The number of hydrogen-bond donors (Lipinski definition) is 0. The number of piperazine rings is 1. The molecular weight excluding hydrogens is 280 g/mol. The molecule has 0 atom stereocenters. The van der Waals surface area contributed by atoms with Crippen molar-refractivity contribution in [3.05, 3.63) is 29.3 Å². The first kappa shape index (κ1) is 16.3. The summed E-state index contributed by atoms with van der Waals surface area (Å²) in [6, 6.07) is 5.59. The van der Waals surface area contributed by atoms with Crippen molar-refractivity contribution in [2.75, 3.05) is 33.3 Å². The first-order chi connectivity index (χ1) is 10.4. The predicted octanol–water partition coefficient (Wildman–Crippen LogP) is 1.91. The van der Waals surface area contributed by atoms with Gasteiger partial charge in [-0.2, -0.15) is 0 Å². The van der Waals surface area contributed by atoms with Crippen LogP contribution in [-0.4, -0.2) is 55.4 Å². The fourth-order valence-electron chi connectivity index (χ4n) is 2.64. The van der Waals surface area contributed by atoms with Crippen LogP contribution in [0.15, 0.2) is 18.2 Å². The third kappa shape index (κ3) is 3.40.